The Morgan fingerprint density at radius 1 is 1.00 bits per heavy atom. The van der Waals surface area contributed by atoms with Crippen molar-refractivity contribution in [3.63, 3.8) is 0 Å². The SMILES string of the molecule is CCCC(=O)CCC(N(C)CC)N(C)CC. The molecule has 0 aromatic rings. The van der Waals surface area contributed by atoms with Crippen molar-refractivity contribution in [3.8, 4) is 0 Å². The van der Waals surface area contributed by atoms with Crippen molar-refractivity contribution in [1.82, 2.24) is 9.80 Å². The predicted octanol–water partition coefficient (Wildman–Crippen LogP) is 2.37. The van der Waals surface area contributed by atoms with Crippen molar-refractivity contribution in [1.29, 1.82) is 0 Å². The zero-order valence-electron chi connectivity index (χ0n) is 11.6. The van der Waals surface area contributed by atoms with Gasteiger partial charge in [0.05, 0.1) is 6.17 Å². The molecule has 0 aliphatic rings. The van der Waals surface area contributed by atoms with E-state index in [0.29, 0.717) is 18.4 Å². The minimum atomic E-state index is 0.399. The van der Waals surface area contributed by atoms with Crippen LogP contribution in [0.15, 0.2) is 0 Å². The van der Waals surface area contributed by atoms with Gasteiger partial charge >= 0.3 is 0 Å². The summed E-state index contributed by atoms with van der Waals surface area (Å²) >= 11 is 0. The van der Waals surface area contributed by atoms with Crippen LogP contribution >= 0.6 is 0 Å². The van der Waals surface area contributed by atoms with Gasteiger partial charge in [0, 0.05) is 12.8 Å². The smallest absolute Gasteiger partial charge is 0.133 e. The summed E-state index contributed by atoms with van der Waals surface area (Å²) in [4.78, 5) is 16.1. The van der Waals surface area contributed by atoms with E-state index in [1.807, 2.05) is 0 Å². The molecule has 0 rings (SSSR count). The Bertz CT molecular complexity index is 184. The number of carbonyl (C=O) groups is 1. The van der Waals surface area contributed by atoms with Crippen LogP contribution in [-0.2, 0) is 4.79 Å². The molecule has 0 amide bonds. The standard InChI is InChI=1S/C13H28N2O/c1-6-9-12(16)10-11-13(14(4)7-2)15(5)8-3/h13H,6-11H2,1-5H3. The maximum Gasteiger partial charge on any atom is 0.133 e. The third kappa shape index (κ3) is 5.61. The molecule has 0 bridgehead atoms. The molecule has 0 aliphatic heterocycles. The quantitative estimate of drug-likeness (QED) is 0.566. The number of rotatable bonds is 9. The van der Waals surface area contributed by atoms with E-state index in [-0.39, 0.29) is 0 Å². The molecule has 96 valence electrons. The summed E-state index contributed by atoms with van der Waals surface area (Å²) in [7, 11) is 4.25. The number of Topliss-reactive ketones (excluding diaryl/α,β-unsaturated/α-hetero) is 1. The van der Waals surface area contributed by atoms with Crippen LogP contribution in [0.5, 0.6) is 0 Å². The van der Waals surface area contributed by atoms with E-state index in [2.05, 4.69) is 44.7 Å². The fraction of sp³-hybridized carbons (Fsp3) is 0.923. The Labute approximate surface area is 101 Å². The summed E-state index contributed by atoms with van der Waals surface area (Å²) in [5, 5.41) is 0. The van der Waals surface area contributed by atoms with Gasteiger partial charge in [0.1, 0.15) is 5.78 Å². The van der Waals surface area contributed by atoms with E-state index < -0.39 is 0 Å². The Hall–Kier alpha value is -0.410. The highest BCUT2D eigenvalue weighted by atomic mass is 16.1. The van der Waals surface area contributed by atoms with E-state index in [9.17, 15) is 4.79 Å². The zero-order chi connectivity index (χ0) is 12.6. The molecular weight excluding hydrogens is 200 g/mol. The molecule has 16 heavy (non-hydrogen) atoms. The fourth-order valence-electron chi connectivity index (χ4n) is 1.89. The van der Waals surface area contributed by atoms with Gasteiger partial charge in [0.25, 0.3) is 0 Å². The van der Waals surface area contributed by atoms with Crippen molar-refractivity contribution in [2.75, 3.05) is 27.2 Å². The number of nitrogens with zero attached hydrogens (tertiary/aromatic N) is 2. The highest BCUT2D eigenvalue weighted by molar-refractivity contribution is 5.78. The molecule has 0 spiro atoms. The van der Waals surface area contributed by atoms with Gasteiger partial charge in [-0.15, -0.1) is 0 Å². The van der Waals surface area contributed by atoms with Crippen LogP contribution in [-0.4, -0.2) is 48.9 Å². The molecule has 0 heterocycles. The lowest BCUT2D eigenvalue weighted by Crippen LogP contribution is -2.44. The molecule has 0 atom stereocenters. The molecule has 3 nitrogen and oxygen atoms in total. The molecule has 3 heteroatoms. The van der Waals surface area contributed by atoms with Crippen molar-refractivity contribution in [3.05, 3.63) is 0 Å². The second-order valence-corrected chi connectivity index (χ2v) is 4.45. The Morgan fingerprint density at radius 3 is 1.88 bits per heavy atom. The Kier molecular flexibility index (Phi) is 8.49. The summed E-state index contributed by atoms with van der Waals surface area (Å²) < 4.78 is 0. The summed E-state index contributed by atoms with van der Waals surface area (Å²) in [6.45, 7) is 8.42. The summed E-state index contributed by atoms with van der Waals surface area (Å²) in [6, 6.07) is 0. The molecule has 0 N–H and O–H groups in total. The van der Waals surface area contributed by atoms with E-state index in [4.69, 9.17) is 0 Å². The van der Waals surface area contributed by atoms with Gasteiger partial charge < -0.3 is 0 Å². The van der Waals surface area contributed by atoms with Crippen LogP contribution in [0, 0.1) is 0 Å². The van der Waals surface area contributed by atoms with Gasteiger partial charge in [-0.3, -0.25) is 14.6 Å². The summed E-state index contributed by atoms with van der Waals surface area (Å²) in [6.07, 6.45) is 3.77. The molecule has 0 saturated heterocycles. The highest BCUT2D eigenvalue weighted by Crippen LogP contribution is 2.10. The van der Waals surface area contributed by atoms with Crippen molar-refractivity contribution in [2.24, 2.45) is 0 Å². The lowest BCUT2D eigenvalue weighted by Gasteiger charge is -2.34. The van der Waals surface area contributed by atoms with Gasteiger partial charge in [-0.1, -0.05) is 20.8 Å². The molecule has 0 aliphatic carbocycles. The van der Waals surface area contributed by atoms with Crippen LogP contribution in [0.4, 0.5) is 0 Å². The van der Waals surface area contributed by atoms with Crippen molar-refractivity contribution >= 4 is 5.78 Å². The van der Waals surface area contributed by atoms with Crippen LogP contribution in [0.25, 0.3) is 0 Å². The number of carbonyl (C=O) groups excluding carboxylic acids is 1. The van der Waals surface area contributed by atoms with E-state index in [1.165, 1.54) is 0 Å². The minimum absolute atomic E-state index is 0.399. The van der Waals surface area contributed by atoms with E-state index >= 15 is 0 Å². The number of hydrogen-bond acceptors (Lipinski definition) is 3. The maximum absolute atomic E-state index is 11.5. The number of ketones is 1. The fourth-order valence-corrected chi connectivity index (χ4v) is 1.89. The first-order valence-corrected chi connectivity index (χ1v) is 6.48. The Balaban J connectivity index is 4.16. The first-order valence-electron chi connectivity index (χ1n) is 6.48. The van der Waals surface area contributed by atoms with Crippen molar-refractivity contribution < 1.29 is 4.79 Å². The van der Waals surface area contributed by atoms with Gasteiger partial charge in [0.2, 0.25) is 0 Å². The normalized spacial score (nSPS) is 11.8. The molecule has 0 radical (unpaired) electrons. The minimum Gasteiger partial charge on any atom is -0.300 e. The van der Waals surface area contributed by atoms with Gasteiger partial charge in [-0.05, 0) is 40.0 Å². The van der Waals surface area contributed by atoms with E-state index in [0.717, 1.165) is 32.4 Å². The molecule has 0 aromatic carbocycles. The topological polar surface area (TPSA) is 23.6 Å². The average Bonchev–Trinajstić information content (AvgIpc) is 2.28. The largest absolute Gasteiger partial charge is 0.300 e. The summed E-state index contributed by atoms with van der Waals surface area (Å²) in [5.41, 5.74) is 0. The Morgan fingerprint density at radius 2 is 1.50 bits per heavy atom. The van der Waals surface area contributed by atoms with Crippen LogP contribution in [0.2, 0.25) is 0 Å². The van der Waals surface area contributed by atoms with E-state index in [1.54, 1.807) is 0 Å². The second-order valence-electron chi connectivity index (χ2n) is 4.45. The van der Waals surface area contributed by atoms with Crippen molar-refractivity contribution in [2.45, 2.75) is 52.6 Å². The highest BCUT2D eigenvalue weighted by Gasteiger charge is 2.18. The third-order valence-electron chi connectivity index (χ3n) is 3.23. The lowest BCUT2D eigenvalue weighted by molar-refractivity contribution is -0.119. The first kappa shape index (κ1) is 15.6. The predicted molar refractivity (Wildman–Crippen MR) is 69.5 cm³/mol. The lowest BCUT2D eigenvalue weighted by atomic mass is 10.1. The second kappa shape index (κ2) is 8.71. The molecule has 0 saturated carbocycles. The summed E-state index contributed by atoms with van der Waals surface area (Å²) in [5.74, 6) is 0.404. The molecule has 0 fully saturated rings. The number of hydrogen-bond donors (Lipinski definition) is 0. The average molecular weight is 228 g/mol. The van der Waals surface area contributed by atoms with Gasteiger partial charge in [-0.2, -0.15) is 0 Å². The monoisotopic (exact) mass is 228 g/mol. The van der Waals surface area contributed by atoms with Gasteiger partial charge in [0.15, 0.2) is 0 Å². The molecular formula is C13H28N2O. The van der Waals surface area contributed by atoms with Gasteiger partial charge in [-0.25, -0.2) is 0 Å². The van der Waals surface area contributed by atoms with Crippen LogP contribution in [0.3, 0.4) is 0 Å². The molecule has 0 unspecified atom stereocenters. The van der Waals surface area contributed by atoms with Crippen LogP contribution < -0.4 is 0 Å². The zero-order valence-corrected chi connectivity index (χ0v) is 11.6. The third-order valence-corrected chi connectivity index (χ3v) is 3.23. The maximum atomic E-state index is 11.5. The molecule has 0 aromatic heterocycles. The van der Waals surface area contributed by atoms with Crippen LogP contribution in [0.1, 0.15) is 46.5 Å². The first-order chi connectivity index (χ1) is 7.56.